The van der Waals surface area contributed by atoms with Crippen molar-refractivity contribution in [2.24, 2.45) is 5.41 Å². The highest BCUT2D eigenvalue weighted by Crippen LogP contribution is 2.49. The Hall–Kier alpha value is -5.89. The summed E-state index contributed by atoms with van der Waals surface area (Å²) in [5.74, 6) is -8.41. The number of benzene rings is 2. The first kappa shape index (κ1) is 55.4. The fourth-order valence-corrected chi connectivity index (χ4v) is 10.5. The molecule has 0 aliphatic carbocycles. The van der Waals surface area contributed by atoms with E-state index < -0.39 is 106 Å². The lowest BCUT2D eigenvalue weighted by atomic mass is 9.69. The van der Waals surface area contributed by atoms with Crippen LogP contribution in [-0.2, 0) is 71.9 Å². The van der Waals surface area contributed by atoms with Gasteiger partial charge in [0.15, 0.2) is 28.1 Å². The van der Waals surface area contributed by atoms with Crippen LogP contribution in [0.15, 0.2) is 47.4 Å². The minimum absolute atomic E-state index is 0.0459. The topological polar surface area (TPSA) is 256 Å². The summed E-state index contributed by atoms with van der Waals surface area (Å²) in [5.41, 5.74) is 1.24. The first-order valence-electron chi connectivity index (χ1n) is 22.1. The van der Waals surface area contributed by atoms with Gasteiger partial charge in [0.2, 0.25) is 17.9 Å². The molecule has 1 aliphatic heterocycles. The predicted molar refractivity (Wildman–Crippen MR) is 243 cm³/mol. The average molecular weight is 960 g/mol. The number of amides is 3. The van der Waals surface area contributed by atoms with Crippen molar-refractivity contribution in [2.45, 2.75) is 142 Å². The molecule has 0 unspecified atom stereocenters. The Balaban J connectivity index is 1.90. The second-order valence-electron chi connectivity index (χ2n) is 16.9. The monoisotopic (exact) mass is 959 g/mol. The summed E-state index contributed by atoms with van der Waals surface area (Å²) in [6.07, 6.45) is -6.39. The van der Waals surface area contributed by atoms with Crippen LogP contribution in [0.2, 0.25) is 0 Å². The Bertz CT molecular complexity index is 2250. The van der Waals surface area contributed by atoms with Crippen LogP contribution in [0, 0.1) is 5.41 Å². The standard InChI is InChI=1S/C47H65N3O16S/c1-11-13-22-47(12-2)27-67(60,61)39-21-20-36(49(9)10)25-37(39)41(45(47)58)34-17-16-18-35(24-34)48-40(57)19-14-15-23-50(28(3)51)46(59)44(66-33(8)56)43(65-32(7)55)42(64-31(6)54)38(63-30(5)53)26-62-29(4)52/h16-18,20-21,24-25,38,41-45,58H,11-15,19,22-23,26-27H2,1-10H3,(H,48,57)/t38-,41-,42-,43+,44-,45-,47-/m1/s1. The molecular weight excluding hydrogens is 895 g/mol. The largest absolute Gasteiger partial charge is 0.462 e. The minimum Gasteiger partial charge on any atom is -0.462 e. The van der Waals surface area contributed by atoms with Gasteiger partial charge < -0.3 is 39.0 Å². The van der Waals surface area contributed by atoms with Gasteiger partial charge in [-0.3, -0.25) is 43.3 Å². The lowest BCUT2D eigenvalue weighted by molar-refractivity contribution is -0.205. The molecule has 3 amide bonds. The molecule has 19 nitrogen and oxygen atoms in total. The van der Waals surface area contributed by atoms with Crippen LogP contribution in [-0.4, -0.2) is 130 Å². The molecule has 20 heteroatoms. The summed E-state index contributed by atoms with van der Waals surface area (Å²) in [4.78, 5) is 104. The zero-order valence-corrected chi connectivity index (χ0v) is 40.8. The van der Waals surface area contributed by atoms with Crippen LogP contribution in [0.4, 0.5) is 11.4 Å². The van der Waals surface area contributed by atoms with E-state index in [-0.39, 0.29) is 36.5 Å². The van der Waals surface area contributed by atoms with Crippen LogP contribution < -0.4 is 10.2 Å². The van der Waals surface area contributed by atoms with Crippen LogP contribution in [0.1, 0.15) is 117 Å². The van der Waals surface area contributed by atoms with Gasteiger partial charge in [-0.05, 0) is 67.1 Å². The number of nitrogens with one attached hydrogen (secondary N) is 1. The molecule has 0 radical (unpaired) electrons. The van der Waals surface area contributed by atoms with E-state index >= 15 is 0 Å². The van der Waals surface area contributed by atoms with Crippen molar-refractivity contribution in [2.75, 3.05) is 43.2 Å². The molecular formula is C47H65N3O16S. The number of rotatable bonds is 22. The molecule has 67 heavy (non-hydrogen) atoms. The summed E-state index contributed by atoms with van der Waals surface area (Å²) < 4.78 is 54.4. The molecule has 1 heterocycles. The first-order chi connectivity index (χ1) is 31.4. The molecule has 0 saturated heterocycles. The predicted octanol–water partition coefficient (Wildman–Crippen LogP) is 4.39. The van der Waals surface area contributed by atoms with E-state index in [1.165, 1.54) is 0 Å². The molecule has 0 fully saturated rings. The van der Waals surface area contributed by atoms with Gasteiger partial charge >= 0.3 is 29.8 Å². The molecule has 7 atom stereocenters. The molecule has 2 N–H and O–H groups in total. The van der Waals surface area contributed by atoms with E-state index in [4.69, 9.17) is 23.7 Å². The molecule has 0 spiro atoms. The first-order valence-corrected chi connectivity index (χ1v) is 23.8. The lowest BCUT2D eigenvalue weighted by Crippen LogP contribution is -2.58. The summed E-state index contributed by atoms with van der Waals surface area (Å²) >= 11 is 0. The zero-order chi connectivity index (χ0) is 50.4. The molecule has 370 valence electrons. The van der Waals surface area contributed by atoms with Gasteiger partial charge in [-0.25, -0.2) is 8.42 Å². The van der Waals surface area contributed by atoms with Crippen molar-refractivity contribution < 1.29 is 75.6 Å². The van der Waals surface area contributed by atoms with Crippen molar-refractivity contribution >= 4 is 68.8 Å². The van der Waals surface area contributed by atoms with Crippen molar-refractivity contribution in [3.05, 3.63) is 53.6 Å². The molecule has 0 aromatic heterocycles. The second-order valence-corrected chi connectivity index (χ2v) is 18.8. The summed E-state index contributed by atoms with van der Waals surface area (Å²) in [6.45, 7) is 8.72. The van der Waals surface area contributed by atoms with E-state index in [2.05, 4.69) is 5.32 Å². The fraction of sp³-hybridized carbons (Fsp3) is 0.574. The summed E-state index contributed by atoms with van der Waals surface area (Å²) in [5, 5.41) is 15.2. The van der Waals surface area contributed by atoms with Crippen LogP contribution in [0.25, 0.3) is 0 Å². The highest BCUT2D eigenvalue weighted by atomic mass is 32.2. The number of fused-ring (bicyclic) bond motifs is 1. The number of aliphatic hydroxyl groups excluding tert-OH is 1. The highest BCUT2D eigenvalue weighted by Gasteiger charge is 2.50. The van der Waals surface area contributed by atoms with Crippen LogP contribution >= 0.6 is 0 Å². The highest BCUT2D eigenvalue weighted by molar-refractivity contribution is 7.91. The number of sulfone groups is 1. The third-order valence-corrected chi connectivity index (χ3v) is 13.4. The number of carbonyl (C=O) groups excluding carboxylic acids is 8. The zero-order valence-electron chi connectivity index (χ0n) is 40.0. The van der Waals surface area contributed by atoms with Gasteiger partial charge in [-0.15, -0.1) is 0 Å². The van der Waals surface area contributed by atoms with E-state index in [0.717, 1.165) is 60.1 Å². The number of ether oxygens (including phenoxy) is 5. The third-order valence-electron chi connectivity index (χ3n) is 11.4. The SMILES string of the molecule is CCCC[C@]1(CC)CS(=O)(=O)c2ccc(N(C)C)cc2[C@@H](c2cccc(NC(=O)CCCCN(C(C)=O)C(=O)[C@H](OC(C)=O)[C@@H](OC(C)=O)[C@H](OC(C)=O)[C@@H](COC(C)=O)OC(C)=O)c2)[C@H]1O. The third kappa shape index (κ3) is 15.3. The van der Waals surface area contributed by atoms with Crippen molar-refractivity contribution in [1.29, 1.82) is 0 Å². The molecule has 3 rings (SSSR count). The summed E-state index contributed by atoms with van der Waals surface area (Å²) in [6, 6.07) is 12.0. The maximum absolute atomic E-state index is 14.2. The van der Waals surface area contributed by atoms with E-state index in [0.29, 0.717) is 34.6 Å². The van der Waals surface area contributed by atoms with Gasteiger partial charge in [0.05, 0.1) is 16.8 Å². The lowest BCUT2D eigenvalue weighted by Gasteiger charge is -2.39. The number of esters is 5. The Labute approximate surface area is 392 Å². The quantitative estimate of drug-likeness (QED) is 0.0942. The Kier molecular flexibility index (Phi) is 20.5. The summed E-state index contributed by atoms with van der Waals surface area (Å²) in [7, 11) is -0.150. The average Bonchev–Trinajstić information content (AvgIpc) is 3.30. The van der Waals surface area contributed by atoms with Crippen LogP contribution in [0.3, 0.4) is 0 Å². The molecule has 2 aromatic rings. The molecule has 0 saturated carbocycles. The molecule has 0 bridgehead atoms. The maximum Gasteiger partial charge on any atom is 0.303 e. The number of hydrogen-bond donors (Lipinski definition) is 2. The van der Waals surface area contributed by atoms with Crippen molar-refractivity contribution in [1.82, 2.24) is 4.90 Å². The van der Waals surface area contributed by atoms with Gasteiger partial charge in [0.25, 0.3) is 5.91 Å². The van der Waals surface area contributed by atoms with E-state index in [1.807, 2.05) is 32.8 Å². The number of anilines is 2. The molecule has 2 aromatic carbocycles. The second kappa shape index (κ2) is 24.8. The minimum atomic E-state index is -3.83. The molecule has 1 aliphatic rings. The number of aliphatic hydroxyl groups is 1. The fourth-order valence-electron chi connectivity index (χ4n) is 8.25. The number of carbonyl (C=O) groups is 8. The smallest absolute Gasteiger partial charge is 0.303 e. The normalized spacial score (nSPS) is 19.1. The van der Waals surface area contributed by atoms with E-state index in [9.17, 15) is 51.9 Å². The maximum atomic E-state index is 14.2. The van der Waals surface area contributed by atoms with Gasteiger partial charge in [0.1, 0.15) is 6.61 Å². The van der Waals surface area contributed by atoms with Gasteiger partial charge in [-0.2, -0.15) is 0 Å². The van der Waals surface area contributed by atoms with Crippen molar-refractivity contribution in [3.8, 4) is 0 Å². The number of imide groups is 1. The number of hydrogen-bond acceptors (Lipinski definition) is 17. The van der Waals surface area contributed by atoms with E-state index in [1.54, 1.807) is 42.5 Å². The van der Waals surface area contributed by atoms with Gasteiger partial charge in [-0.1, -0.05) is 38.8 Å². The Morgan fingerprint density at radius 3 is 1.97 bits per heavy atom. The van der Waals surface area contributed by atoms with Crippen LogP contribution in [0.5, 0.6) is 0 Å². The number of nitrogens with zero attached hydrogens (tertiary/aromatic N) is 2. The van der Waals surface area contributed by atoms with Crippen molar-refractivity contribution in [3.63, 3.8) is 0 Å². The number of unbranched alkanes of at least 4 members (excludes halogenated alkanes) is 2. The Morgan fingerprint density at radius 2 is 1.42 bits per heavy atom. The van der Waals surface area contributed by atoms with Gasteiger partial charge in [0, 0.05) is 91.3 Å². The Morgan fingerprint density at radius 1 is 0.791 bits per heavy atom.